The molecule has 1 fully saturated rings. The van der Waals surface area contributed by atoms with Gasteiger partial charge < -0.3 is 15.3 Å². The van der Waals surface area contributed by atoms with Crippen molar-refractivity contribution in [1.82, 2.24) is 0 Å². The van der Waals surface area contributed by atoms with Crippen LogP contribution in [0, 0.1) is 11.1 Å². The zero-order valence-electron chi connectivity index (χ0n) is 14.5. The Morgan fingerprint density at radius 1 is 1.28 bits per heavy atom. The van der Waals surface area contributed by atoms with Crippen molar-refractivity contribution in [3.63, 3.8) is 0 Å². The Balaban J connectivity index is 1.59. The fourth-order valence-corrected chi connectivity index (χ4v) is 3.28. The summed E-state index contributed by atoms with van der Waals surface area (Å²) in [5, 5.41) is 14.4. The highest BCUT2D eigenvalue weighted by atomic mass is 16.5. The maximum Gasteiger partial charge on any atom is 0.321 e. The van der Waals surface area contributed by atoms with Crippen LogP contribution in [0.2, 0.25) is 0 Å². The van der Waals surface area contributed by atoms with E-state index in [1.807, 2.05) is 24.3 Å². The van der Waals surface area contributed by atoms with Gasteiger partial charge in [-0.25, -0.2) is 0 Å². The molecular formula is C20H24N2O3. The van der Waals surface area contributed by atoms with Gasteiger partial charge in [-0.3, -0.25) is 4.79 Å². The first-order chi connectivity index (χ1) is 12.1. The van der Waals surface area contributed by atoms with Crippen LogP contribution >= 0.6 is 0 Å². The first-order valence-corrected chi connectivity index (χ1v) is 8.82. The van der Waals surface area contributed by atoms with Gasteiger partial charge in [-0.1, -0.05) is 31.9 Å². The second kappa shape index (κ2) is 8.12. The molecule has 1 aromatic carbocycles. The molecule has 2 aromatic rings. The highest BCUT2D eigenvalue weighted by molar-refractivity contribution is 6.01. The van der Waals surface area contributed by atoms with Crippen molar-refractivity contribution in [3.05, 3.63) is 65.1 Å². The van der Waals surface area contributed by atoms with Crippen LogP contribution in [0.25, 0.3) is 0 Å². The maximum atomic E-state index is 12.2. The van der Waals surface area contributed by atoms with E-state index in [2.05, 4.69) is 12.2 Å². The number of amides is 1. The lowest BCUT2D eigenvalue weighted by Gasteiger charge is -2.26. The highest BCUT2D eigenvalue weighted by Gasteiger charge is 2.19. The molecule has 0 spiro atoms. The Morgan fingerprint density at radius 2 is 2.16 bits per heavy atom. The lowest BCUT2D eigenvalue weighted by molar-refractivity contribution is -0.607. The van der Waals surface area contributed by atoms with E-state index < -0.39 is 5.91 Å². The van der Waals surface area contributed by atoms with E-state index in [9.17, 15) is 10.0 Å². The van der Waals surface area contributed by atoms with Gasteiger partial charge in [0.15, 0.2) is 6.20 Å². The average Bonchev–Trinajstić information content (AvgIpc) is 2.61. The van der Waals surface area contributed by atoms with E-state index in [1.165, 1.54) is 25.1 Å². The predicted molar refractivity (Wildman–Crippen MR) is 96.0 cm³/mol. The summed E-state index contributed by atoms with van der Waals surface area (Å²) >= 11 is 0. The minimum absolute atomic E-state index is 0.0698. The molecule has 0 saturated heterocycles. The second-order valence-corrected chi connectivity index (χ2v) is 6.77. The molecule has 1 N–H and O–H groups in total. The molecule has 2 atom stereocenters. The topological polar surface area (TPSA) is 65.3 Å². The number of carbonyl (C=O) groups excluding carboxylic acids is 1. The number of anilines is 1. The summed E-state index contributed by atoms with van der Waals surface area (Å²) < 4.78 is 6.60. The number of benzene rings is 1. The van der Waals surface area contributed by atoms with Crippen molar-refractivity contribution < 1.29 is 14.3 Å². The van der Waals surface area contributed by atoms with E-state index in [4.69, 9.17) is 4.74 Å². The number of nitrogens with zero attached hydrogens (tertiary/aromatic N) is 1. The number of rotatable bonds is 5. The smallest absolute Gasteiger partial charge is 0.321 e. The monoisotopic (exact) mass is 340 g/mol. The van der Waals surface area contributed by atoms with E-state index >= 15 is 0 Å². The standard InChI is InChI=1S/C20H24N2O3/c1-15-6-4-9-18(12-15)25-14-16-7-5-8-17(13-16)21-20(23)19-10-2-3-11-22(19)24/h2-3,5,7-8,10-11,13,15,18H,4,6,9,12,14H2,1H3,(H,21,23). The molecule has 0 bridgehead atoms. The van der Waals surface area contributed by atoms with Gasteiger partial charge in [0.05, 0.1) is 12.7 Å². The summed E-state index contributed by atoms with van der Waals surface area (Å²) in [5.74, 6) is 0.309. The molecule has 0 aliphatic heterocycles. The molecule has 1 aliphatic carbocycles. The normalized spacial score (nSPS) is 20.2. The second-order valence-electron chi connectivity index (χ2n) is 6.77. The minimum Gasteiger partial charge on any atom is -0.618 e. The zero-order valence-corrected chi connectivity index (χ0v) is 14.5. The largest absolute Gasteiger partial charge is 0.618 e. The van der Waals surface area contributed by atoms with E-state index in [-0.39, 0.29) is 5.69 Å². The lowest BCUT2D eigenvalue weighted by atomic mass is 9.89. The summed E-state index contributed by atoms with van der Waals surface area (Å²) in [5.41, 5.74) is 1.74. The minimum atomic E-state index is -0.422. The fraction of sp³-hybridized carbons (Fsp3) is 0.400. The lowest BCUT2D eigenvalue weighted by Crippen LogP contribution is -2.36. The summed E-state index contributed by atoms with van der Waals surface area (Å²) in [6, 6.07) is 12.3. The van der Waals surface area contributed by atoms with Crippen LogP contribution in [-0.2, 0) is 11.3 Å². The number of pyridine rings is 1. The number of nitrogens with one attached hydrogen (secondary N) is 1. The third kappa shape index (κ3) is 4.79. The Kier molecular flexibility index (Phi) is 5.66. The molecule has 2 unspecified atom stereocenters. The Morgan fingerprint density at radius 3 is 2.96 bits per heavy atom. The Labute approximate surface area is 148 Å². The summed E-state index contributed by atoms with van der Waals surface area (Å²) in [7, 11) is 0. The Hall–Kier alpha value is -2.40. The van der Waals surface area contributed by atoms with Gasteiger partial charge >= 0.3 is 5.91 Å². The summed E-state index contributed by atoms with van der Waals surface area (Å²) in [6.07, 6.45) is 6.40. The van der Waals surface area contributed by atoms with Gasteiger partial charge in [0.1, 0.15) is 0 Å². The van der Waals surface area contributed by atoms with E-state index in [1.54, 1.807) is 12.1 Å². The summed E-state index contributed by atoms with van der Waals surface area (Å²) in [4.78, 5) is 12.2. The van der Waals surface area contributed by atoms with Gasteiger partial charge in [-0.05, 0) is 42.5 Å². The van der Waals surface area contributed by atoms with Gasteiger partial charge in [0.25, 0.3) is 5.69 Å². The van der Waals surface area contributed by atoms with Crippen LogP contribution in [0.15, 0.2) is 48.7 Å². The van der Waals surface area contributed by atoms with Crippen LogP contribution in [0.4, 0.5) is 5.69 Å². The van der Waals surface area contributed by atoms with Crippen LogP contribution in [0.1, 0.15) is 48.7 Å². The molecule has 25 heavy (non-hydrogen) atoms. The molecule has 1 aliphatic rings. The zero-order chi connectivity index (χ0) is 17.6. The SMILES string of the molecule is CC1CCCC(OCc2cccc(NC(=O)c3cccc[n+]3[O-])c2)C1. The molecule has 1 aromatic heterocycles. The molecule has 5 nitrogen and oxygen atoms in total. The van der Waals surface area contributed by atoms with Crippen LogP contribution in [0.5, 0.6) is 0 Å². The van der Waals surface area contributed by atoms with Gasteiger partial charge in [0, 0.05) is 17.8 Å². The van der Waals surface area contributed by atoms with Crippen molar-refractivity contribution >= 4 is 11.6 Å². The third-order valence-corrected chi connectivity index (χ3v) is 4.62. The molecule has 1 amide bonds. The molecule has 3 rings (SSSR count). The van der Waals surface area contributed by atoms with Crippen molar-refractivity contribution in [2.45, 2.75) is 45.3 Å². The van der Waals surface area contributed by atoms with Crippen LogP contribution < -0.4 is 10.0 Å². The van der Waals surface area contributed by atoms with Crippen LogP contribution in [0.3, 0.4) is 0 Å². The number of carbonyl (C=O) groups is 1. The van der Waals surface area contributed by atoms with Gasteiger partial charge in [-0.15, -0.1) is 0 Å². The molecule has 1 heterocycles. The van der Waals surface area contributed by atoms with Crippen molar-refractivity contribution in [2.75, 3.05) is 5.32 Å². The van der Waals surface area contributed by atoms with Crippen LogP contribution in [-0.4, -0.2) is 12.0 Å². The first kappa shape index (κ1) is 17.4. The highest BCUT2D eigenvalue weighted by Crippen LogP contribution is 2.26. The van der Waals surface area contributed by atoms with Crippen molar-refractivity contribution in [2.24, 2.45) is 5.92 Å². The molecular weight excluding hydrogens is 316 g/mol. The summed E-state index contributed by atoms with van der Waals surface area (Å²) in [6.45, 7) is 2.81. The van der Waals surface area contributed by atoms with E-state index in [0.717, 1.165) is 24.3 Å². The number of hydrogen-bond acceptors (Lipinski definition) is 3. The molecule has 1 saturated carbocycles. The van der Waals surface area contributed by atoms with E-state index in [0.29, 0.717) is 23.1 Å². The predicted octanol–water partition coefficient (Wildman–Crippen LogP) is 3.67. The van der Waals surface area contributed by atoms with Crippen molar-refractivity contribution in [1.29, 1.82) is 0 Å². The van der Waals surface area contributed by atoms with Gasteiger partial charge in [0.2, 0.25) is 0 Å². The molecule has 5 heteroatoms. The Bertz CT molecular complexity index is 732. The third-order valence-electron chi connectivity index (χ3n) is 4.62. The van der Waals surface area contributed by atoms with Crippen molar-refractivity contribution in [3.8, 4) is 0 Å². The quantitative estimate of drug-likeness (QED) is 0.667. The maximum absolute atomic E-state index is 12.2. The average molecular weight is 340 g/mol. The molecule has 0 radical (unpaired) electrons. The number of ether oxygens (including phenoxy) is 1. The number of aromatic nitrogens is 1. The van der Waals surface area contributed by atoms with Gasteiger partial charge in [-0.2, -0.15) is 4.73 Å². The first-order valence-electron chi connectivity index (χ1n) is 8.82. The fourth-order valence-electron chi connectivity index (χ4n) is 3.28. The number of hydrogen-bond donors (Lipinski definition) is 1. The molecule has 132 valence electrons.